The maximum atomic E-state index is 13.0. The lowest BCUT2D eigenvalue weighted by atomic mass is 9.82. The van der Waals surface area contributed by atoms with E-state index in [0.29, 0.717) is 23.8 Å². The average Bonchev–Trinajstić information content (AvgIpc) is 3.29. The van der Waals surface area contributed by atoms with Gasteiger partial charge in [0.2, 0.25) is 11.7 Å². The summed E-state index contributed by atoms with van der Waals surface area (Å²) in [7, 11) is -3.41. The molecule has 1 unspecified atom stereocenters. The number of hydrogen-bond acceptors (Lipinski definition) is 7. The zero-order chi connectivity index (χ0) is 21.8. The molecular weight excluding hydrogens is 416 g/mol. The predicted octanol–water partition coefficient (Wildman–Crippen LogP) is 2.55. The van der Waals surface area contributed by atoms with Crippen LogP contribution in [0.25, 0.3) is 11.4 Å². The van der Waals surface area contributed by atoms with Crippen LogP contribution in [0, 0.1) is 13.8 Å². The number of carbonyl (C=O) groups is 1. The normalized spacial score (nSPS) is 21.2. The minimum absolute atomic E-state index is 0.0461. The number of amides is 1. The first kappa shape index (κ1) is 19.9. The van der Waals surface area contributed by atoms with E-state index in [1.165, 1.54) is 0 Å². The monoisotopic (exact) mass is 438 g/mol. The maximum absolute atomic E-state index is 13.0. The summed E-state index contributed by atoms with van der Waals surface area (Å²) in [6.07, 6.45) is 1.97. The molecule has 31 heavy (non-hydrogen) atoms. The number of carbonyl (C=O) groups excluding carboxylic acids is 1. The number of sulfone groups is 1. The summed E-state index contributed by atoms with van der Waals surface area (Å²) in [4.78, 5) is 23.1. The van der Waals surface area contributed by atoms with Gasteiger partial charge in [0.1, 0.15) is 10.4 Å². The van der Waals surface area contributed by atoms with E-state index in [2.05, 4.69) is 15.1 Å². The van der Waals surface area contributed by atoms with E-state index >= 15 is 0 Å². The number of nitrogens with zero attached hydrogens (tertiary/aromatic N) is 4. The second kappa shape index (κ2) is 6.98. The standard InChI is InChI=1S/C22H22N4O4S/c1-14-5-3-7-16(11-14)19-24-20(30-25-19)17-8-10-31(28,29)22(17)12-26(13-22)21(27)18-15(2)6-4-9-23-18/h3-7,9,11,17H,8,10,12-13H2,1-2H3. The molecule has 2 fully saturated rings. The highest BCUT2D eigenvalue weighted by Crippen LogP contribution is 2.50. The van der Waals surface area contributed by atoms with Crippen LogP contribution in [0.1, 0.15) is 39.8 Å². The molecule has 2 aliphatic rings. The Hall–Kier alpha value is -3.07. The number of aryl methyl sites for hydroxylation is 2. The third-order valence-electron chi connectivity index (χ3n) is 6.36. The van der Waals surface area contributed by atoms with Crippen molar-refractivity contribution in [3.63, 3.8) is 0 Å². The van der Waals surface area contributed by atoms with Crippen LogP contribution in [0.2, 0.25) is 0 Å². The molecule has 1 atom stereocenters. The van der Waals surface area contributed by atoms with Crippen LogP contribution in [0.15, 0.2) is 47.1 Å². The molecule has 0 N–H and O–H groups in total. The molecule has 0 radical (unpaired) electrons. The Bertz CT molecular complexity index is 1280. The van der Waals surface area contributed by atoms with Gasteiger partial charge in [-0.15, -0.1) is 0 Å². The van der Waals surface area contributed by atoms with Gasteiger partial charge in [-0.2, -0.15) is 4.98 Å². The fourth-order valence-corrected chi connectivity index (χ4v) is 6.91. The zero-order valence-electron chi connectivity index (χ0n) is 17.3. The van der Waals surface area contributed by atoms with Crippen molar-refractivity contribution in [2.75, 3.05) is 18.8 Å². The van der Waals surface area contributed by atoms with Crippen LogP contribution in [0.5, 0.6) is 0 Å². The van der Waals surface area contributed by atoms with Crippen LogP contribution in [-0.4, -0.2) is 57.9 Å². The average molecular weight is 439 g/mol. The van der Waals surface area contributed by atoms with Gasteiger partial charge < -0.3 is 9.42 Å². The van der Waals surface area contributed by atoms with Gasteiger partial charge in [-0.05, 0) is 38.0 Å². The summed E-state index contributed by atoms with van der Waals surface area (Å²) in [5.41, 5.74) is 3.01. The number of pyridine rings is 1. The summed E-state index contributed by atoms with van der Waals surface area (Å²) >= 11 is 0. The highest BCUT2D eigenvalue weighted by Gasteiger charge is 2.64. The Morgan fingerprint density at radius 2 is 2.00 bits per heavy atom. The van der Waals surface area contributed by atoms with Crippen molar-refractivity contribution in [3.8, 4) is 11.4 Å². The highest BCUT2D eigenvalue weighted by molar-refractivity contribution is 7.93. The second-order valence-electron chi connectivity index (χ2n) is 8.38. The van der Waals surface area contributed by atoms with Gasteiger partial charge in [-0.1, -0.05) is 35.0 Å². The first-order valence-corrected chi connectivity index (χ1v) is 11.8. The van der Waals surface area contributed by atoms with Gasteiger partial charge in [0, 0.05) is 24.8 Å². The van der Waals surface area contributed by atoms with E-state index in [9.17, 15) is 13.2 Å². The molecule has 4 heterocycles. The molecule has 9 heteroatoms. The van der Waals surface area contributed by atoms with Gasteiger partial charge in [-0.25, -0.2) is 8.42 Å². The van der Waals surface area contributed by atoms with Crippen LogP contribution in [0.4, 0.5) is 0 Å². The largest absolute Gasteiger partial charge is 0.339 e. The van der Waals surface area contributed by atoms with E-state index < -0.39 is 20.5 Å². The van der Waals surface area contributed by atoms with E-state index in [0.717, 1.165) is 16.7 Å². The Morgan fingerprint density at radius 1 is 1.19 bits per heavy atom. The van der Waals surface area contributed by atoms with Crippen LogP contribution < -0.4 is 0 Å². The Kier molecular flexibility index (Phi) is 4.47. The Labute approximate surface area is 180 Å². The van der Waals surface area contributed by atoms with Crippen molar-refractivity contribution in [2.45, 2.75) is 30.9 Å². The molecule has 2 saturated heterocycles. The van der Waals surface area contributed by atoms with Gasteiger partial charge >= 0.3 is 0 Å². The van der Waals surface area contributed by atoms with Crippen molar-refractivity contribution in [3.05, 3.63) is 65.3 Å². The van der Waals surface area contributed by atoms with Gasteiger partial charge in [0.15, 0.2) is 9.84 Å². The van der Waals surface area contributed by atoms with Gasteiger partial charge in [-0.3, -0.25) is 9.78 Å². The molecule has 1 amide bonds. The number of benzene rings is 1. The lowest BCUT2D eigenvalue weighted by Gasteiger charge is -2.48. The zero-order valence-corrected chi connectivity index (χ0v) is 18.1. The van der Waals surface area contributed by atoms with Crippen LogP contribution in [-0.2, 0) is 9.84 Å². The smallest absolute Gasteiger partial charge is 0.272 e. The number of rotatable bonds is 3. The molecule has 2 aliphatic heterocycles. The number of likely N-dealkylation sites (tertiary alicyclic amines) is 1. The van der Waals surface area contributed by atoms with Gasteiger partial charge in [0.05, 0.1) is 11.7 Å². The minimum atomic E-state index is -3.41. The quantitative estimate of drug-likeness (QED) is 0.619. The summed E-state index contributed by atoms with van der Waals surface area (Å²) in [5, 5.41) is 4.09. The SMILES string of the molecule is Cc1cccc(-c2noc(C3CCS(=O)(=O)C34CN(C(=O)c3ncccc3C)C4)n2)c1. The second-order valence-corrected chi connectivity index (χ2v) is 10.8. The van der Waals surface area contributed by atoms with Crippen molar-refractivity contribution in [1.29, 1.82) is 0 Å². The van der Waals surface area contributed by atoms with E-state index in [1.807, 2.05) is 44.2 Å². The predicted molar refractivity (Wildman–Crippen MR) is 113 cm³/mol. The summed E-state index contributed by atoms with van der Waals surface area (Å²) in [5.74, 6) is 0.117. The molecular formula is C22H22N4O4S. The highest BCUT2D eigenvalue weighted by atomic mass is 32.2. The third-order valence-corrected chi connectivity index (χ3v) is 8.92. The first-order chi connectivity index (χ1) is 14.8. The summed E-state index contributed by atoms with van der Waals surface area (Å²) in [6.45, 7) is 4.01. The van der Waals surface area contributed by atoms with E-state index in [1.54, 1.807) is 17.2 Å². The first-order valence-electron chi connectivity index (χ1n) is 10.1. The molecule has 160 valence electrons. The molecule has 2 aromatic heterocycles. The third kappa shape index (κ3) is 3.06. The molecule has 5 rings (SSSR count). The maximum Gasteiger partial charge on any atom is 0.272 e. The van der Waals surface area contributed by atoms with E-state index in [4.69, 9.17) is 4.52 Å². The molecule has 3 aromatic rings. The van der Waals surface area contributed by atoms with Crippen molar-refractivity contribution in [1.82, 2.24) is 20.0 Å². The molecule has 0 aliphatic carbocycles. The van der Waals surface area contributed by atoms with Crippen LogP contribution in [0.3, 0.4) is 0 Å². The van der Waals surface area contributed by atoms with Crippen molar-refractivity contribution >= 4 is 15.7 Å². The van der Waals surface area contributed by atoms with Crippen molar-refractivity contribution in [2.24, 2.45) is 0 Å². The van der Waals surface area contributed by atoms with E-state index in [-0.39, 0.29) is 24.7 Å². The lowest BCUT2D eigenvalue weighted by molar-refractivity contribution is 0.0497. The molecule has 0 bridgehead atoms. The molecule has 1 aromatic carbocycles. The number of hydrogen-bond donors (Lipinski definition) is 0. The Balaban J connectivity index is 1.43. The number of aromatic nitrogens is 3. The fraction of sp³-hybridized carbons (Fsp3) is 0.364. The summed E-state index contributed by atoms with van der Waals surface area (Å²) in [6, 6.07) is 11.3. The van der Waals surface area contributed by atoms with Crippen LogP contribution >= 0.6 is 0 Å². The minimum Gasteiger partial charge on any atom is -0.339 e. The molecule has 0 saturated carbocycles. The molecule has 1 spiro atoms. The molecule has 8 nitrogen and oxygen atoms in total. The Morgan fingerprint density at radius 3 is 2.74 bits per heavy atom. The fourth-order valence-electron chi connectivity index (χ4n) is 4.60. The van der Waals surface area contributed by atoms with Crippen molar-refractivity contribution < 1.29 is 17.7 Å². The summed E-state index contributed by atoms with van der Waals surface area (Å²) < 4.78 is 30.4. The van der Waals surface area contributed by atoms with Gasteiger partial charge in [0.25, 0.3) is 5.91 Å². The lowest BCUT2D eigenvalue weighted by Crippen LogP contribution is -2.67. The topological polar surface area (TPSA) is 106 Å².